The molecule has 0 saturated heterocycles. The Hall–Kier alpha value is -1.85. The van der Waals surface area contributed by atoms with Crippen molar-refractivity contribution in [3.05, 3.63) is 35.9 Å². The fourth-order valence-corrected chi connectivity index (χ4v) is 0.883. The van der Waals surface area contributed by atoms with Gasteiger partial charge in [-0.1, -0.05) is 12.1 Å². The topological polar surface area (TPSA) is 92.8 Å². The van der Waals surface area contributed by atoms with E-state index in [-0.39, 0.29) is 6.61 Å². The molecule has 0 aromatic heterocycles. The molecule has 0 heterocycles. The maximum absolute atomic E-state index is 10.2. The van der Waals surface area contributed by atoms with Crippen LogP contribution in [0.1, 0.15) is 5.56 Å². The highest BCUT2D eigenvalue weighted by molar-refractivity contribution is 5.85. The molecule has 0 amide bonds. The number of benzene rings is 1. The standard InChI is InChI=1S/C10H10O3.C2H7NO/c1-13-9-5-2-8(3-6-9)4-7-10(11)12;3-1-2-4/h2-7H,1H3,(H,11,12);4H,1-3H2/b7-4+;. The second-order valence-electron chi connectivity index (χ2n) is 2.96. The summed E-state index contributed by atoms with van der Waals surface area (Å²) in [7, 11) is 1.59. The van der Waals surface area contributed by atoms with Gasteiger partial charge >= 0.3 is 5.97 Å². The molecule has 5 heteroatoms. The lowest BCUT2D eigenvalue weighted by Crippen LogP contribution is -2.02. The van der Waals surface area contributed by atoms with Crippen molar-refractivity contribution in [2.24, 2.45) is 5.73 Å². The normalized spacial score (nSPS) is 9.59. The van der Waals surface area contributed by atoms with Gasteiger partial charge in [0.05, 0.1) is 13.7 Å². The first kappa shape index (κ1) is 15.2. The summed E-state index contributed by atoms with van der Waals surface area (Å²) in [6.07, 6.45) is 2.63. The van der Waals surface area contributed by atoms with E-state index in [0.29, 0.717) is 6.54 Å². The van der Waals surface area contributed by atoms with Gasteiger partial charge in [-0.25, -0.2) is 4.79 Å². The van der Waals surface area contributed by atoms with Gasteiger partial charge in [-0.3, -0.25) is 0 Å². The van der Waals surface area contributed by atoms with Crippen LogP contribution in [0, 0.1) is 0 Å². The molecule has 0 spiro atoms. The molecule has 1 aromatic rings. The minimum absolute atomic E-state index is 0.0972. The van der Waals surface area contributed by atoms with E-state index >= 15 is 0 Å². The van der Waals surface area contributed by atoms with Gasteiger partial charge in [0.2, 0.25) is 0 Å². The highest BCUT2D eigenvalue weighted by Gasteiger charge is 1.91. The van der Waals surface area contributed by atoms with Crippen LogP contribution in [0.4, 0.5) is 0 Å². The molecule has 0 bridgehead atoms. The van der Waals surface area contributed by atoms with Gasteiger partial charge in [0.1, 0.15) is 5.75 Å². The molecule has 5 nitrogen and oxygen atoms in total. The SMILES string of the molecule is COc1ccc(/C=C/C(=O)O)cc1.NCCO. The Morgan fingerprint density at radius 3 is 2.29 bits per heavy atom. The van der Waals surface area contributed by atoms with Crippen molar-refractivity contribution in [3.63, 3.8) is 0 Å². The third kappa shape index (κ3) is 8.01. The highest BCUT2D eigenvalue weighted by Crippen LogP contribution is 2.11. The number of rotatable bonds is 4. The molecule has 0 aliphatic carbocycles. The maximum atomic E-state index is 10.2. The third-order valence-corrected chi connectivity index (χ3v) is 1.66. The molecule has 4 N–H and O–H groups in total. The van der Waals surface area contributed by atoms with Crippen molar-refractivity contribution < 1.29 is 19.7 Å². The van der Waals surface area contributed by atoms with Crippen LogP contribution < -0.4 is 10.5 Å². The number of carbonyl (C=O) groups is 1. The van der Waals surface area contributed by atoms with Crippen molar-refractivity contribution in [2.75, 3.05) is 20.3 Å². The summed E-state index contributed by atoms with van der Waals surface area (Å²) >= 11 is 0. The number of aliphatic hydroxyl groups is 1. The third-order valence-electron chi connectivity index (χ3n) is 1.66. The van der Waals surface area contributed by atoms with E-state index in [1.54, 1.807) is 31.4 Å². The molecule has 0 aliphatic heterocycles. The van der Waals surface area contributed by atoms with Crippen LogP contribution in [0.3, 0.4) is 0 Å². The van der Waals surface area contributed by atoms with Crippen molar-refractivity contribution in [1.82, 2.24) is 0 Å². The smallest absolute Gasteiger partial charge is 0.328 e. The van der Waals surface area contributed by atoms with Gasteiger partial charge in [-0.05, 0) is 23.8 Å². The Labute approximate surface area is 100 Å². The second kappa shape index (κ2) is 9.38. The predicted molar refractivity (Wildman–Crippen MR) is 65.8 cm³/mol. The van der Waals surface area contributed by atoms with Crippen LogP contribution in [0.15, 0.2) is 30.3 Å². The summed E-state index contributed by atoms with van der Waals surface area (Å²) < 4.78 is 4.95. The number of nitrogens with two attached hydrogens (primary N) is 1. The molecule has 0 radical (unpaired) electrons. The van der Waals surface area contributed by atoms with E-state index in [2.05, 4.69) is 0 Å². The highest BCUT2D eigenvalue weighted by atomic mass is 16.5. The van der Waals surface area contributed by atoms with E-state index in [4.69, 9.17) is 20.7 Å². The number of hydrogen-bond acceptors (Lipinski definition) is 4. The molecule has 0 fully saturated rings. The summed E-state index contributed by atoms with van der Waals surface area (Å²) in [6.45, 7) is 0.472. The van der Waals surface area contributed by atoms with Crippen LogP contribution >= 0.6 is 0 Å². The molecule has 1 rings (SSSR count). The zero-order valence-electron chi connectivity index (χ0n) is 9.67. The Balaban J connectivity index is 0.000000557. The molecule has 94 valence electrons. The van der Waals surface area contributed by atoms with Gasteiger partial charge in [0, 0.05) is 12.6 Å². The Morgan fingerprint density at radius 1 is 1.41 bits per heavy atom. The zero-order chi connectivity index (χ0) is 13.1. The average molecular weight is 239 g/mol. The minimum Gasteiger partial charge on any atom is -0.497 e. The summed E-state index contributed by atoms with van der Waals surface area (Å²) in [5.41, 5.74) is 5.61. The van der Waals surface area contributed by atoms with E-state index in [9.17, 15) is 4.79 Å². The maximum Gasteiger partial charge on any atom is 0.328 e. The van der Waals surface area contributed by atoms with Gasteiger partial charge in [0.15, 0.2) is 0 Å². The largest absolute Gasteiger partial charge is 0.497 e. The number of carboxylic acid groups (broad SMARTS) is 1. The first-order chi connectivity index (χ1) is 8.13. The summed E-state index contributed by atoms with van der Waals surface area (Å²) in [4.78, 5) is 10.2. The molecule has 1 aromatic carbocycles. The molecule has 0 aliphatic rings. The lowest BCUT2D eigenvalue weighted by atomic mass is 10.2. The van der Waals surface area contributed by atoms with E-state index in [1.807, 2.05) is 0 Å². The Morgan fingerprint density at radius 2 is 1.94 bits per heavy atom. The first-order valence-corrected chi connectivity index (χ1v) is 5.00. The molecule has 0 saturated carbocycles. The van der Waals surface area contributed by atoms with Gasteiger partial charge < -0.3 is 20.7 Å². The molecular formula is C12H17NO4. The lowest BCUT2D eigenvalue weighted by Gasteiger charge is -1.98. The average Bonchev–Trinajstić information content (AvgIpc) is 2.37. The van der Waals surface area contributed by atoms with Crippen molar-refractivity contribution in [1.29, 1.82) is 0 Å². The fraction of sp³-hybridized carbons (Fsp3) is 0.250. The van der Waals surface area contributed by atoms with E-state index in [1.165, 1.54) is 6.08 Å². The predicted octanol–water partition coefficient (Wildman–Crippen LogP) is 0.730. The van der Waals surface area contributed by atoms with Crippen LogP contribution in [-0.2, 0) is 4.79 Å². The lowest BCUT2D eigenvalue weighted by molar-refractivity contribution is -0.131. The number of hydrogen-bond donors (Lipinski definition) is 3. The van der Waals surface area contributed by atoms with Crippen molar-refractivity contribution in [2.45, 2.75) is 0 Å². The molecular weight excluding hydrogens is 222 g/mol. The number of ether oxygens (including phenoxy) is 1. The fourth-order valence-electron chi connectivity index (χ4n) is 0.883. The quantitative estimate of drug-likeness (QED) is 0.673. The summed E-state index contributed by atoms with van der Waals surface area (Å²) in [6, 6.07) is 7.14. The van der Waals surface area contributed by atoms with E-state index < -0.39 is 5.97 Å². The van der Waals surface area contributed by atoms with Gasteiger partial charge in [-0.2, -0.15) is 0 Å². The Kier molecular flexibility index (Phi) is 8.36. The van der Waals surface area contributed by atoms with Gasteiger partial charge in [0.25, 0.3) is 0 Å². The van der Waals surface area contributed by atoms with Crippen molar-refractivity contribution >= 4 is 12.0 Å². The molecule has 0 atom stereocenters. The number of aliphatic hydroxyl groups excluding tert-OH is 1. The number of carboxylic acids is 1. The van der Waals surface area contributed by atoms with Crippen LogP contribution in [0.2, 0.25) is 0 Å². The molecule has 17 heavy (non-hydrogen) atoms. The Bertz CT molecular complexity index is 344. The zero-order valence-corrected chi connectivity index (χ0v) is 9.67. The van der Waals surface area contributed by atoms with Crippen LogP contribution in [0.25, 0.3) is 6.08 Å². The summed E-state index contributed by atoms with van der Waals surface area (Å²) in [5.74, 6) is -0.191. The minimum atomic E-state index is -0.948. The number of aliphatic carboxylic acids is 1. The van der Waals surface area contributed by atoms with E-state index in [0.717, 1.165) is 17.4 Å². The van der Waals surface area contributed by atoms with Crippen LogP contribution in [-0.4, -0.2) is 36.4 Å². The monoisotopic (exact) mass is 239 g/mol. The number of methoxy groups -OCH3 is 1. The van der Waals surface area contributed by atoms with Crippen LogP contribution in [0.5, 0.6) is 5.75 Å². The summed E-state index contributed by atoms with van der Waals surface area (Å²) in [5, 5.41) is 16.1. The van der Waals surface area contributed by atoms with Gasteiger partial charge in [-0.15, -0.1) is 0 Å². The van der Waals surface area contributed by atoms with Crippen molar-refractivity contribution in [3.8, 4) is 5.75 Å². The first-order valence-electron chi connectivity index (χ1n) is 5.00. The molecule has 0 unspecified atom stereocenters. The second-order valence-corrected chi connectivity index (χ2v) is 2.96.